The number of rotatable bonds is 8. The predicted molar refractivity (Wildman–Crippen MR) is 127 cm³/mol. The van der Waals surface area contributed by atoms with Crippen LogP contribution in [0.2, 0.25) is 10.0 Å². The number of nitrogens with zero attached hydrogens (tertiary/aromatic N) is 6. The highest BCUT2D eigenvalue weighted by Gasteiger charge is 2.30. The first-order valence-corrected chi connectivity index (χ1v) is 11.8. The summed E-state index contributed by atoms with van der Waals surface area (Å²) in [5.41, 5.74) is 1.86. The van der Waals surface area contributed by atoms with Crippen LogP contribution in [0.3, 0.4) is 0 Å². The van der Waals surface area contributed by atoms with E-state index in [1.54, 1.807) is 23.2 Å². The van der Waals surface area contributed by atoms with Gasteiger partial charge in [-0.05, 0) is 23.3 Å². The lowest BCUT2D eigenvalue weighted by Gasteiger charge is -2.17. The summed E-state index contributed by atoms with van der Waals surface area (Å²) in [5, 5.41) is 40.1. The summed E-state index contributed by atoms with van der Waals surface area (Å²) >= 11 is 13.9. The molecule has 4 aromatic rings. The van der Waals surface area contributed by atoms with E-state index in [-0.39, 0.29) is 11.6 Å². The van der Waals surface area contributed by atoms with Crippen LogP contribution in [-0.4, -0.2) is 39.7 Å². The Labute approximate surface area is 205 Å². The summed E-state index contributed by atoms with van der Waals surface area (Å²) in [6.45, 7) is 0. The van der Waals surface area contributed by atoms with Gasteiger partial charge in [-0.25, -0.2) is 0 Å². The Hall–Kier alpha value is -2.43. The smallest absolute Gasteiger partial charge is 0.191 e. The SMILES string of the molecule is Cn1c(Cc2ccccc2Cl)nnc1[C@H](O)[C@@H](O)c1nnc(SCc2ccccc2Cl)n1C. The van der Waals surface area contributed by atoms with Gasteiger partial charge in [-0.15, -0.1) is 20.4 Å². The number of thioether (sulfide) groups is 1. The van der Waals surface area contributed by atoms with E-state index >= 15 is 0 Å². The molecular weight excluding hydrogens is 483 g/mol. The van der Waals surface area contributed by atoms with Gasteiger partial charge >= 0.3 is 0 Å². The molecule has 0 aliphatic carbocycles. The van der Waals surface area contributed by atoms with Gasteiger partial charge in [-0.1, -0.05) is 71.4 Å². The molecule has 0 spiro atoms. The highest BCUT2D eigenvalue weighted by atomic mass is 35.5. The molecule has 0 fully saturated rings. The number of halogens is 2. The Kier molecular flexibility index (Phi) is 7.35. The first kappa shape index (κ1) is 23.7. The molecule has 2 aromatic carbocycles. The molecule has 8 nitrogen and oxygen atoms in total. The summed E-state index contributed by atoms with van der Waals surface area (Å²) in [7, 11) is 3.47. The lowest BCUT2D eigenvalue weighted by atomic mass is 10.1. The van der Waals surface area contributed by atoms with Crippen LogP contribution in [0.25, 0.3) is 0 Å². The van der Waals surface area contributed by atoms with E-state index in [1.807, 2.05) is 48.5 Å². The summed E-state index contributed by atoms with van der Waals surface area (Å²) in [5.74, 6) is 1.65. The van der Waals surface area contributed by atoms with Crippen molar-refractivity contribution in [1.29, 1.82) is 0 Å². The summed E-state index contributed by atoms with van der Waals surface area (Å²) in [6, 6.07) is 15.0. The van der Waals surface area contributed by atoms with Crippen LogP contribution in [0.15, 0.2) is 53.7 Å². The van der Waals surface area contributed by atoms with Gasteiger partial charge in [0.1, 0.15) is 18.0 Å². The molecule has 0 saturated carbocycles. The maximum Gasteiger partial charge on any atom is 0.191 e. The Morgan fingerprint density at radius 2 is 1.33 bits per heavy atom. The summed E-state index contributed by atoms with van der Waals surface area (Å²) in [4.78, 5) is 0. The molecule has 4 rings (SSSR count). The average molecular weight is 505 g/mol. The lowest BCUT2D eigenvalue weighted by molar-refractivity contribution is 0.00263. The van der Waals surface area contributed by atoms with Crippen molar-refractivity contribution >= 4 is 35.0 Å². The number of benzene rings is 2. The van der Waals surface area contributed by atoms with E-state index in [0.717, 1.165) is 11.1 Å². The summed E-state index contributed by atoms with van der Waals surface area (Å²) in [6.07, 6.45) is -2.24. The molecule has 0 bridgehead atoms. The molecule has 2 aromatic heterocycles. The fourth-order valence-electron chi connectivity index (χ4n) is 3.35. The van der Waals surface area contributed by atoms with E-state index in [9.17, 15) is 10.2 Å². The van der Waals surface area contributed by atoms with Crippen molar-refractivity contribution in [3.05, 3.63) is 87.2 Å². The quantitative estimate of drug-likeness (QED) is 0.350. The van der Waals surface area contributed by atoms with Crippen LogP contribution in [0.4, 0.5) is 0 Å². The molecular formula is C22H22Cl2N6O2S. The standard InChI is InChI=1S/C22H22Cl2N6O2S/c1-29-17(11-13-7-3-5-9-15(13)23)25-26-20(29)18(31)19(32)21-27-28-22(30(21)2)33-12-14-8-4-6-10-16(14)24/h3-10,18-19,31-32H,11-12H2,1-2H3/t18-,19-/m1/s1. The zero-order chi connectivity index (χ0) is 23.5. The number of aliphatic hydroxyl groups excluding tert-OH is 2. The average Bonchev–Trinajstić information content (AvgIpc) is 3.36. The van der Waals surface area contributed by atoms with Gasteiger partial charge in [0.15, 0.2) is 16.8 Å². The second-order valence-electron chi connectivity index (χ2n) is 7.47. The first-order chi connectivity index (χ1) is 15.9. The number of aliphatic hydroxyl groups is 2. The van der Waals surface area contributed by atoms with Crippen LogP contribution >= 0.6 is 35.0 Å². The molecule has 33 heavy (non-hydrogen) atoms. The molecule has 2 atom stereocenters. The maximum atomic E-state index is 10.8. The second kappa shape index (κ2) is 10.2. The lowest BCUT2D eigenvalue weighted by Crippen LogP contribution is -2.18. The van der Waals surface area contributed by atoms with Crippen molar-refractivity contribution in [2.24, 2.45) is 14.1 Å². The van der Waals surface area contributed by atoms with Gasteiger partial charge in [0.25, 0.3) is 0 Å². The minimum atomic E-state index is -1.34. The minimum absolute atomic E-state index is 0.220. The largest absolute Gasteiger partial charge is 0.382 e. The van der Waals surface area contributed by atoms with Crippen LogP contribution in [0, 0.1) is 0 Å². The molecule has 2 heterocycles. The van der Waals surface area contributed by atoms with Crippen molar-refractivity contribution in [2.45, 2.75) is 29.5 Å². The third kappa shape index (κ3) is 5.07. The van der Waals surface area contributed by atoms with Crippen LogP contribution in [0.1, 0.15) is 40.8 Å². The Balaban J connectivity index is 1.48. The van der Waals surface area contributed by atoms with Gasteiger partial charge in [0, 0.05) is 36.3 Å². The normalized spacial score (nSPS) is 13.3. The van der Waals surface area contributed by atoms with E-state index in [4.69, 9.17) is 23.2 Å². The van der Waals surface area contributed by atoms with E-state index in [2.05, 4.69) is 20.4 Å². The molecule has 11 heteroatoms. The third-order valence-electron chi connectivity index (χ3n) is 5.32. The topological polar surface area (TPSA) is 102 Å². The van der Waals surface area contributed by atoms with Gasteiger partial charge in [-0.2, -0.15) is 0 Å². The summed E-state index contributed by atoms with van der Waals surface area (Å²) < 4.78 is 3.30. The third-order valence-corrected chi connectivity index (χ3v) is 7.12. The molecule has 0 radical (unpaired) electrons. The zero-order valence-corrected chi connectivity index (χ0v) is 20.3. The second-order valence-corrected chi connectivity index (χ2v) is 9.23. The number of hydrogen-bond donors (Lipinski definition) is 2. The van der Waals surface area contributed by atoms with Crippen molar-refractivity contribution in [1.82, 2.24) is 29.5 Å². The Morgan fingerprint density at radius 3 is 1.97 bits per heavy atom. The Morgan fingerprint density at radius 1 is 0.788 bits per heavy atom. The predicted octanol–water partition coefficient (Wildman–Crippen LogP) is 3.90. The van der Waals surface area contributed by atoms with Crippen molar-refractivity contribution < 1.29 is 10.2 Å². The molecule has 172 valence electrons. The monoisotopic (exact) mass is 504 g/mol. The maximum absolute atomic E-state index is 10.8. The Bertz CT molecular complexity index is 1260. The van der Waals surface area contributed by atoms with E-state index < -0.39 is 12.2 Å². The fraction of sp³-hybridized carbons (Fsp3) is 0.273. The highest BCUT2D eigenvalue weighted by molar-refractivity contribution is 7.98. The van der Waals surface area contributed by atoms with Crippen LogP contribution < -0.4 is 0 Å². The highest BCUT2D eigenvalue weighted by Crippen LogP contribution is 2.31. The molecule has 0 amide bonds. The molecule has 2 N–H and O–H groups in total. The van der Waals surface area contributed by atoms with E-state index in [1.165, 1.54) is 11.8 Å². The van der Waals surface area contributed by atoms with Crippen LogP contribution in [-0.2, 0) is 26.3 Å². The molecule has 0 aliphatic heterocycles. The van der Waals surface area contributed by atoms with Crippen molar-refractivity contribution in [2.75, 3.05) is 0 Å². The zero-order valence-electron chi connectivity index (χ0n) is 17.9. The van der Waals surface area contributed by atoms with Gasteiger partial charge < -0.3 is 19.3 Å². The molecule has 0 aliphatic rings. The first-order valence-electron chi connectivity index (χ1n) is 10.1. The number of aromatic nitrogens is 6. The van der Waals surface area contributed by atoms with Crippen LogP contribution in [0.5, 0.6) is 0 Å². The van der Waals surface area contributed by atoms with E-state index in [0.29, 0.717) is 33.2 Å². The van der Waals surface area contributed by atoms with Crippen molar-refractivity contribution in [3.8, 4) is 0 Å². The number of hydrogen-bond acceptors (Lipinski definition) is 7. The molecule has 0 unspecified atom stereocenters. The fourth-order valence-corrected chi connectivity index (χ4v) is 4.75. The van der Waals surface area contributed by atoms with Gasteiger partial charge in [0.2, 0.25) is 0 Å². The van der Waals surface area contributed by atoms with Gasteiger partial charge in [0.05, 0.1) is 0 Å². The minimum Gasteiger partial charge on any atom is -0.382 e. The molecule has 0 saturated heterocycles. The van der Waals surface area contributed by atoms with Crippen molar-refractivity contribution in [3.63, 3.8) is 0 Å². The van der Waals surface area contributed by atoms with Gasteiger partial charge in [-0.3, -0.25) is 0 Å².